The molecule has 1 aromatic rings. The fourth-order valence-corrected chi connectivity index (χ4v) is 2.63. The molecule has 1 amide bonds. The first-order chi connectivity index (χ1) is 8.79. The third kappa shape index (κ3) is 3.57. The van der Waals surface area contributed by atoms with Crippen molar-refractivity contribution in [2.45, 2.75) is 51.4 Å². The summed E-state index contributed by atoms with van der Waals surface area (Å²) >= 11 is 0. The molecule has 3 heteroatoms. The van der Waals surface area contributed by atoms with E-state index in [1.54, 1.807) is 5.56 Å². The van der Waals surface area contributed by atoms with E-state index in [4.69, 9.17) is 5.84 Å². The second-order valence-corrected chi connectivity index (χ2v) is 5.08. The van der Waals surface area contributed by atoms with Crippen molar-refractivity contribution >= 4 is 5.91 Å². The molecule has 1 aromatic carbocycles. The number of hydrazine groups is 1. The molecule has 0 heterocycles. The van der Waals surface area contributed by atoms with Crippen LogP contribution in [0.5, 0.6) is 0 Å². The highest BCUT2D eigenvalue weighted by atomic mass is 16.2. The minimum Gasteiger partial charge on any atom is -0.294 e. The van der Waals surface area contributed by atoms with Crippen LogP contribution in [0.25, 0.3) is 0 Å². The molecule has 18 heavy (non-hydrogen) atoms. The zero-order valence-corrected chi connectivity index (χ0v) is 10.9. The Labute approximate surface area is 109 Å². The first-order valence-corrected chi connectivity index (χ1v) is 6.90. The number of aryl methyl sites for hydroxylation is 3. The van der Waals surface area contributed by atoms with Gasteiger partial charge < -0.3 is 0 Å². The van der Waals surface area contributed by atoms with Crippen LogP contribution in [-0.4, -0.2) is 5.91 Å². The van der Waals surface area contributed by atoms with Gasteiger partial charge >= 0.3 is 0 Å². The predicted molar refractivity (Wildman–Crippen MR) is 73.0 cm³/mol. The number of hydrogen-bond acceptors (Lipinski definition) is 2. The molecular formula is C15H22N2O. The van der Waals surface area contributed by atoms with Gasteiger partial charge in [0.05, 0.1) is 0 Å². The maximum absolute atomic E-state index is 11.0. The average molecular weight is 246 g/mol. The molecule has 0 radical (unpaired) electrons. The molecule has 2 rings (SSSR count). The highest BCUT2D eigenvalue weighted by Crippen LogP contribution is 2.22. The monoisotopic (exact) mass is 246 g/mol. The molecule has 0 spiro atoms. The lowest BCUT2D eigenvalue weighted by Gasteiger charge is -2.16. The quantitative estimate of drug-likeness (QED) is 0.362. The number of carbonyl (C=O) groups is 1. The van der Waals surface area contributed by atoms with Gasteiger partial charge in [0, 0.05) is 6.42 Å². The van der Waals surface area contributed by atoms with Crippen molar-refractivity contribution in [1.82, 2.24) is 5.43 Å². The van der Waals surface area contributed by atoms with Crippen LogP contribution in [0.1, 0.15) is 48.8 Å². The third-order valence-electron chi connectivity index (χ3n) is 3.69. The fraction of sp³-hybridized carbons (Fsp3) is 0.533. The fourth-order valence-electron chi connectivity index (χ4n) is 2.63. The molecule has 0 aromatic heterocycles. The highest BCUT2D eigenvalue weighted by molar-refractivity contribution is 5.75. The van der Waals surface area contributed by atoms with Gasteiger partial charge in [0.2, 0.25) is 5.91 Å². The summed E-state index contributed by atoms with van der Waals surface area (Å²) in [5.74, 6) is 4.97. The van der Waals surface area contributed by atoms with Crippen molar-refractivity contribution in [2.75, 3.05) is 0 Å². The van der Waals surface area contributed by atoms with Crippen LogP contribution >= 0.6 is 0 Å². The number of nitrogens with two attached hydrogens (primary N) is 1. The summed E-state index contributed by atoms with van der Waals surface area (Å²) in [6.07, 6.45) is 8.68. The summed E-state index contributed by atoms with van der Waals surface area (Å²) in [6.45, 7) is 0. The summed E-state index contributed by atoms with van der Waals surface area (Å²) < 4.78 is 0. The van der Waals surface area contributed by atoms with Crippen molar-refractivity contribution < 1.29 is 4.79 Å². The van der Waals surface area contributed by atoms with Gasteiger partial charge in [-0.15, -0.1) is 0 Å². The Morgan fingerprint density at radius 1 is 1.17 bits per heavy atom. The van der Waals surface area contributed by atoms with Crippen molar-refractivity contribution in [3.63, 3.8) is 0 Å². The van der Waals surface area contributed by atoms with Gasteiger partial charge in [-0.1, -0.05) is 18.2 Å². The molecule has 1 aliphatic carbocycles. The van der Waals surface area contributed by atoms with E-state index in [0.717, 1.165) is 19.3 Å². The zero-order valence-electron chi connectivity index (χ0n) is 10.9. The normalized spacial score (nSPS) is 14.1. The summed E-state index contributed by atoms with van der Waals surface area (Å²) in [6, 6.07) is 6.89. The number of rotatable bonds is 5. The number of carbonyl (C=O) groups excluding carboxylic acids is 1. The van der Waals surface area contributed by atoms with Crippen molar-refractivity contribution in [3.05, 3.63) is 34.9 Å². The van der Waals surface area contributed by atoms with Crippen LogP contribution in [0.15, 0.2) is 18.2 Å². The number of fused-ring (bicyclic) bond motifs is 1. The molecule has 0 aliphatic heterocycles. The van der Waals surface area contributed by atoms with Crippen molar-refractivity contribution in [1.29, 1.82) is 0 Å². The van der Waals surface area contributed by atoms with E-state index in [1.807, 2.05) is 0 Å². The number of benzene rings is 1. The summed E-state index contributed by atoms with van der Waals surface area (Å²) in [5, 5.41) is 0. The number of hydrogen-bond donors (Lipinski definition) is 2. The number of unbranched alkanes of at least 4 members (excludes halogenated alkanes) is 1. The van der Waals surface area contributed by atoms with E-state index in [0.29, 0.717) is 6.42 Å². The lowest BCUT2D eigenvalue weighted by atomic mass is 9.89. The molecule has 0 unspecified atom stereocenters. The van der Waals surface area contributed by atoms with Crippen LogP contribution in [-0.2, 0) is 24.1 Å². The first kappa shape index (κ1) is 13.1. The van der Waals surface area contributed by atoms with E-state index in [-0.39, 0.29) is 5.91 Å². The van der Waals surface area contributed by atoms with Crippen LogP contribution in [0, 0.1) is 0 Å². The minimum atomic E-state index is -0.0690. The molecule has 0 bridgehead atoms. The molecule has 0 saturated carbocycles. The second-order valence-electron chi connectivity index (χ2n) is 5.08. The summed E-state index contributed by atoms with van der Waals surface area (Å²) in [5.41, 5.74) is 6.65. The third-order valence-corrected chi connectivity index (χ3v) is 3.69. The van der Waals surface area contributed by atoms with Gasteiger partial charge in [0.1, 0.15) is 0 Å². The molecule has 3 nitrogen and oxygen atoms in total. The predicted octanol–water partition coefficient (Wildman–Crippen LogP) is 2.27. The Bertz CT molecular complexity index is 415. The van der Waals surface area contributed by atoms with Gasteiger partial charge in [-0.25, -0.2) is 5.84 Å². The SMILES string of the molecule is NNC(=O)CCCCc1ccc2c(c1)CCCC2. The maximum Gasteiger partial charge on any atom is 0.233 e. The Morgan fingerprint density at radius 3 is 2.72 bits per heavy atom. The Balaban J connectivity index is 1.81. The Morgan fingerprint density at radius 2 is 1.94 bits per heavy atom. The highest BCUT2D eigenvalue weighted by Gasteiger charge is 2.09. The van der Waals surface area contributed by atoms with Crippen LogP contribution in [0.2, 0.25) is 0 Å². The van der Waals surface area contributed by atoms with Gasteiger partial charge in [0.15, 0.2) is 0 Å². The molecular weight excluding hydrogens is 224 g/mol. The molecule has 0 fully saturated rings. The Hall–Kier alpha value is -1.35. The van der Waals surface area contributed by atoms with Crippen LogP contribution < -0.4 is 11.3 Å². The van der Waals surface area contributed by atoms with E-state index >= 15 is 0 Å². The standard InChI is InChI=1S/C15H22N2O/c16-17-15(18)8-4-1-5-12-9-10-13-6-2-3-7-14(13)11-12/h9-11H,1-8,16H2,(H,17,18). The number of nitrogens with one attached hydrogen (secondary N) is 1. The zero-order chi connectivity index (χ0) is 12.8. The minimum absolute atomic E-state index is 0.0690. The molecule has 3 N–H and O–H groups in total. The van der Waals surface area contributed by atoms with E-state index in [9.17, 15) is 4.79 Å². The van der Waals surface area contributed by atoms with Crippen LogP contribution in [0.4, 0.5) is 0 Å². The van der Waals surface area contributed by atoms with Crippen molar-refractivity contribution in [2.24, 2.45) is 5.84 Å². The van der Waals surface area contributed by atoms with E-state index in [1.165, 1.54) is 36.8 Å². The lowest BCUT2D eigenvalue weighted by Crippen LogP contribution is -2.29. The van der Waals surface area contributed by atoms with Gasteiger partial charge in [-0.2, -0.15) is 0 Å². The lowest BCUT2D eigenvalue weighted by molar-refractivity contribution is -0.121. The number of amides is 1. The maximum atomic E-state index is 11.0. The summed E-state index contributed by atoms with van der Waals surface area (Å²) in [4.78, 5) is 11.0. The van der Waals surface area contributed by atoms with Crippen molar-refractivity contribution in [3.8, 4) is 0 Å². The smallest absolute Gasteiger partial charge is 0.233 e. The molecule has 0 atom stereocenters. The van der Waals surface area contributed by atoms with E-state index in [2.05, 4.69) is 23.6 Å². The first-order valence-electron chi connectivity index (χ1n) is 6.90. The van der Waals surface area contributed by atoms with E-state index < -0.39 is 0 Å². The van der Waals surface area contributed by atoms with Gasteiger partial charge in [0.25, 0.3) is 0 Å². The molecule has 1 aliphatic rings. The Kier molecular flexibility index (Phi) is 4.76. The van der Waals surface area contributed by atoms with Gasteiger partial charge in [-0.3, -0.25) is 10.2 Å². The molecule has 0 saturated heterocycles. The topological polar surface area (TPSA) is 55.1 Å². The van der Waals surface area contributed by atoms with Crippen LogP contribution in [0.3, 0.4) is 0 Å². The second kappa shape index (κ2) is 6.55. The van der Waals surface area contributed by atoms with Gasteiger partial charge in [-0.05, 0) is 61.6 Å². The molecule has 98 valence electrons. The largest absolute Gasteiger partial charge is 0.294 e. The average Bonchev–Trinajstić information content (AvgIpc) is 2.43. The summed E-state index contributed by atoms with van der Waals surface area (Å²) in [7, 11) is 0.